The van der Waals surface area contributed by atoms with Crippen molar-refractivity contribution in [3.63, 3.8) is 0 Å². The zero-order valence-corrected chi connectivity index (χ0v) is 35.7. The zero-order valence-electron chi connectivity index (χ0n) is 35.7. The van der Waals surface area contributed by atoms with E-state index in [2.05, 4.69) is 176 Å². The molecule has 4 fully saturated rings. The number of rotatable bonds is 3. The molecule has 0 radical (unpaired) electrons. The van der Waals surface area contributed by atoms with E-state index < -0.39 is 0 Å². The standard InChI is InChI=1S/C53H61BN2/c1-33-13-11-12-14-44(33)56-46-22-18-39(52(8,9)10)27-43(46)54-42-26-38(51(5,6)7)17-21-45(42)55(41-19-15-37(16-20-41)50(2,3)4)47-28-40(29-48(56)49(47)54)53-30-34-23-35(31-53)25-36(24-34)32-53/h11-22,26-29,34-36H,23-25,30-32H2,1-10H3. The number of hydrogen-bond acceptors (Lipinski definition) is 2. The van der Waals surface area contributed by atoms with Crippen LogP contribution in [-0.4, -0.2) is 6.71 Å². The predicted molar refractivity (Wildman–Crippen MR) is 241 cm³/mol. The van der Waals surface area contributed by atoms with Crippen LogP contribution in [0.5, 0.6) is 0 Å². The molecule has 11 rings (SSSR count). The predicted octanol–water partition coefficient (Wildman–Crippen LogP) is 12.4. The number of para-hydroxylation sites is 1. The van der Waals surface area contributed by atoms with Gasteiger partial charge in [0.2, 0.25) is 0 Å². The van der Waals surface area contributed by atoms with E-state index in [-0.39, 0.29) is 28.4 Å². The van der Waals surface area contributed by atoms with Crippen LogP contribution in [0.3, 0.4) is 0 Å². The van der Waals surface area contributed by atoms with E-state index >= 15 is 0 Å². The monoisotopic (exact) mass is 736 g/mol. The van der Waals surface area contributed by atoms with E-state index in [1.165, 1.54) is 111 Å². The Kier molecular flexibility index (Phi) is 7.83. The minimum absolute atomic E-state index is 0.0254. The van der Waals surface area contributed by atoms with Crippen molar-refractivity contribution >= 4 is 57.2 Å². The highest BCUT2D eigenvalue weighted by molar-refractivity contribution is 7.00. The quantitative estimate of drug-likeness (QED) is 0.167. The number of hydrogen-bond donors (Lipinski definition) is 0. The van der Waals surface area contributed by atoms with Gasteiger partial charge in [-0.1, -0.05) is 117 Å². The molecule has 0 amide bonds. The Morgan fingerprint density at radius 2 is 0.964 bits per heavy atom. The number of fused-ring (bicyclic) bond motifs is 4. The Labute approximate surface area is 337 Å². The molecule has 0 aromatic heterocycles. The van der Waals surface area contributed by atoms with Crippen molar-refractivity contribution in [2.24, 2.45) is 17.8 Å². The molecule has 0 saturated heterocycles. The highest BCUT2D eigenvalue weighted by atomic mass is 15.2. The lowest BCUT2D eigenvalue weighted by Gasteiger charge is -2.57. The molecule has 2 nitrogen and oxygen atoms in total. The van der Waals surface area contributed by atoms with E-state index in [4.69, 9.17) is 0 Å². The summed E-state index contributed by atoms with van der Waals surface area (Å²) in [5, 5.41) is 0. The van der Waals surface area contributed by atoms with Gasteiger partial charge in [0, 0.05) is 34.1 Å². The average molecular weight is 737 g/mol. The molecule has 2 aliphatic heterocycles. The van der Waals surface area contributed by atoms with Crippen molar-refractivity contribution in [1.29, 1.82) is 0 Å². The Morgan fingerprint density at radius 3 is 1.46 bits per heavy atom. The summed E-state index contributed by atoms with van der Waals surface area (Å²) in [6, 6.07) is 39.0. The van der Waals surface area contributed by atoms with Gasteiger partial charge in [0.15, 0.2) is 0 Å². The fourth-order valence-corrected chi connectivity index (χ4v) is 12.2. The van der Waals surface area contributed by atoms with Crippen LogP contribution >= 0.6 is 0 Å². The highest BCUT2D eigenvalue weighted by Crippen LogP contribution is 2.62. The lowest BCUT2D eigenvalue weighted by atomic mass is 9.33. The van der Waals surface area contributed by atoms with Gasteiger partial charge < -0.3 is 9.80 Å². The Hall–Kier alpha value is -4.24. The van der Waals surface area contributed by atoms with Gasteiger partial charge in [0.1, 0.15) is 0 Å². The normalized spacial score (nSPS) is 23.6. The van der Waals surface area contributed by atoms with E-state index in [1.54, 1.807) is 5.56 Å². The molecule has 4 bridgehead atoms. The van der Waals surface area contributed by atoms with E-state index in [1.807, 2.05) is 0 Å². The van der Waals surface area contributed by atoms with Gasteiger partial charge in [0.05, 0.1) is 0 Å². The third-order valence-electron chi connectivity index (χ3n) is 14.8. The lowest BCUT2D eigenvalue weighted by molar-refractivity contribution is -0.00514. The molecule has 5 aromatic rings. The maximum absolute atomic E-state index is 2.71. The van der Waals surface area contributed by atoms with Crippen LogP contribution in [0.1, 0.15) is 129 Å². The van der Waals surface area contributed by atoms with Gasteiger partial charge in [-0.3, -0.25) is 0 Å². The summed E-state index contributed by atoms with van der Waals surface area (Å²) >= 11 is 0. The fourth-order valence-electron chi connectivity index (χ4n) is 12.2. The second-order valence-corrected chi connectivity index (χ2v) is 21.9. The van der Waals surface area contributed by atoms with E-state index in [0.29, 0.717) is 0 Å². The fraction of sp³-hybridized carbons (Fsp3) is 0.434. The third-order valence-corrected chi connectivity index (χ3v) is 14.8. The van der Waals surface area contributed by atoms with Gasteiger partial charge in [0.25, 0.3) is 6.71 Å². The van der Waals surface area contributed by atoms with Crippen molar-refractivity contribution in [2.75, 3.05) is 9.80 Å². The van der Waals surface area contributed by atoms with Gasteiger partial charge in [-0.15, -0.1) is 0 Å². The van der Waals surface area contributed by atoms with Gasteiger partial charge in [-0.25, -0.2) is 0 Å². The first-order valence-electron chi connectivity index (χ1n) is 21.7. The van der Waals surface area contributed by atoms with E-state index in [0.717, 1.165) is 17.8 Å². The molecule has 0 N–H and O–H groups in total. The highest BCUT2D eigenvalue weighted by Gasteiger charge is 2.53. The minimum atomic E-state index is 0.0254. The average Bonchev–Trinajstić information content (AvgIpc) is 3.13. The molecular weight excluding hydrogens is 675 g/mol. The Morgan fingerprint density at radius 1 is 0.500 bits per heavy atom. The number of benzene rings is 5. The molecule has 56 heavy (non-hydrogen) atoms. The maximum Gasteiger partial charge on any atom is 0.252 e. The van der Waals surface area contributed by atoms with Crippen LogP contribution in [0.2, 0.25) is 0 Å². The second-order valence-electron chi connectivity index (χ2n) is 21.9. The van der Waals surface area contributed by atoms with Crippen LogP contribution in [0.4, 0.5) is 34.1 Å². The number of anilines is 6. The molecule has 4 aliphatic carbocycles. The molecule has 2 heterocycles. The summed E-state index contributed by atoms with van der Waals surface area (Å²) in [5.74, 6) is 2.63. The Balaban J connectivity index is 1.32. The third kappa shape index (κ3) is 5.57. The van der Waals surface area contributed by atoms with Gasteiger partial charge in [-0.05, 0) is 172 Å². The van der Waals surface area contributed by atoms with Crippen LogP contribution in [0.25, 0.3) is 0 Å². The van der Waals surface area contributed by atoms with Crippen molar-refractivity contribution in [2.45, 2.75) is 129 Å². The summed E-state index contributed by atoms with van der Waals surface area (Å²) in [7, 11) is 0. The van der Waals surface area contributed by atoms with Crippen LogP contribution in [0, 0.1) is 24.7 Å². The number of aryl methyl sites for hydroxylation is 1. The van der Waals surface area contributed by atoms with Crippen molar-refractivity contribution in [1.82, 2.24) is 0 Å². The van der Waals surface area contributed by atoms with Crippen LogP contribution < -0.4 is 26.2 Å². The summed E-state index contributed by atoms with van der Waals surface area (Å²) in [6.45, 7) is 23.6. The van der Waals surface area contributed by atoms with Crippen molar-refractivity contribution in [3.8, 4) is 0 Å². The first-order chi connectivity index (χ1) is 26.5. The maximum atomic E-state index is 2.71. The molecule has 286 valence electrons. The Bertz CT molecular complexity index is 2340. The van der Waals surface area contributed by atoms with Crippen molar-refractivity contribution in [3.05, 3.63) is 125 Å². The van der Waals surface area contributed by atoms with Crippen molar-refractivity contribution < 1.29 is 0 Å². The molecule has 4 saturated carbocycles. The van der Waals surface area contributed by atoms with E-state index in [9.17, 15) is 0 Å². The molecule has 0 atom stereocenters. The van der Waals surface area contributed by atoms with Gasteiger partial charge in [-0.2, -0.15) is 0 Å². The first-order valence-corrected chi connectivity index (χ1v) is 21.7. The number of nitrogens with zero attached hydrogens (tertiary/aromatic N) is 2. The molecule has 6 aliphatic rings. The van der Waals surface area contributed by atoms with Crippen LogP contribution in [-0.2, 0) is 21.7 Å². The summed E-state index contributed by atoms with van der Waals surface area (Å²) in [4.78, 5) is 5.35. The molecule has 5 aromatic carbocycles. The molecule has 0 unspecified atom stereocenters. The lowest BCUT2D eigenvalue weighted by Crippen LogP contribution is -2.62. The molecule has 3 heteroatoms. The first kappa shape index (κ1) is 36.1. The summed E-state index contributed by atoms with van der Waals surface area (Å²) in [6.07, 6.45) is 8.40. The minimum Gasteiger partial charge on any atom is -0.311 e. The van der Waals surface area contributed by atoms with Gasteiger partial charge >= 0.3 is 0 Å². The zero-order chi connectivity index (χ0) is 39.1. The molecule has 0 spiro atoms. The van der Waals surface area contributed by atoms with Crippen LogP contribution in [0.15, 0.2) is 97.1 Å². The largest absolute Gasteiger partial charge is 0.311 e. The summed E-state index contributed by atoms with van der Waals surface area (Å²) in [5.41, 5.74) is 19.7. The SMILES string of the molecule is Cc1ccccc1N1c2ccc(C(C)(C)C)cc2B2c3cc(C(C)(C)C)ccc3N(c3ccc(C(C)(C)C)cc3)c3cc(C45CC6CC(CC(C6)C4)C5)cc1c32. The summed E-state index contributed by atoms with van der Waals surface area (Å²) < 4.78 is 0. The molecular formula is C53H61BN2. The smallest absolute Gasteiger partial charge is 0.252 e. The topological polar surface area (TPSA) is 6.48 Å². The second kappa shape index (κ2) is 12.1.